The minimum Gasteiger partial charge on any atom is -0.386 e. The molecule has 2 N–H and O–H groups in total. The number of carbonyl (C=O) groups is 1. The van der Waals surface area contributed by atoms with Gasteiger partial charge in [0, 0.05) is 29.0 Å². The lowest BCUT2D eigenvalue weighted by molar-refractivity contribution is 0.0793. The van der Waals surface area contributed by atoms with Gasteiger partial charge in [-0.2, -0.15) is 5.10 Å². The first-order valence-corrected chi connectivity index (χ1v) is 10.3. The number of hydrogen-bond acceptors (Lipinski definition) is 4. The summed E-state index contributed by atoms with van der Waals surface area (Å²) in [5, 5.41) is 19.4. The van der Waals surface area contributed by atoms with Gasteiger partial charge in [-0.25, -0.2) is 0 Å². The summed E-state index contributed by atoms with van der Waals surface area (Å²) in [5.74, 6) is 0.482. The van der Waals surface area contributed by atoms with Crippen LogP contribution in [0.2, 0.25) is 0 Å². The number of rotatable bonds is 4. The number of nitrogens with zero attached hydrogens (tertiary/aromatic N) is 3. The van der Waals surface area contributed by atoms with Crippen molar-refractivity contribution in [2.75, 3.05) is 5.32 Å². The summed E-state index contributed by atoms with van der Waals surface area (Å²) >= 11 is 0. The van der Waals surface area contributed by atoms with Crippen molar-refractivity contribution >= 4 is 22.5 Å². The highest BCUT2D eigenvalue weighted by Gasteiger charge is 2.25. The smallest absolute Gasteiger partial charge is 0.274 e. The highest BCUT2D eigenvalue weighted by molar-refractivity contribution is 6.04. The van der Waals surface area contributed by atoms with E-state index in [2.05, 4.69) is 28.1 Å². The SMILES string of the molecule is CC1CCC(n2cc3cc(NC(=O)c4ccccn4)c(C(C)(C)O)cc3n2)CC1. The Hall–Kier alpha value is -2.73. The second-order valence-corrected chi connectivity index (χ2v) is 8.71. The van der Waals surface area contributed by atoms with Gasteiger partial charge >= 0.3 is 0 Å². The maximum Gasteiger partial charge on any atom is 0.274 e. The van der Waals surface area contributed by atoms with Crippen LogP contribution in [0, 0.1) is 5.92 Å². The van der Waals surface area contributed by atoms with Crippen molar-refractivity contribution in [3.63, 3.8) is 0 Å². The molecule has 0 saturated heterocycles. The Morgan fingerprint density at radius 3 is 2.62 bits per heavy atom. The van der Waals surface area contributed by atoms with Crippen molar-refractivity contribution in [3.8, 4) is 0 Å². The number of carbonyl (C=O) groups excluding carboxylic acids is 1. The first-order valence-electron chi connectivity index (χ1n) is 10.3. The molecule has 2 heterocycles. The largest absolute Gasteiger partial charge is 0.386 e. The standard InChI is InChI=1S/C23H28N4O2/c1-15-7-9-17(10-8-15)27-14-16-12-21(18(23(2,3)29)13-20(16)26-27)25-22(28)19-6-4-5-11-24-19/h4-6,11-15,17,29H,7-10H2,1-3H3,(H,25,28). The van der Waals surface area contributed by atoms with Crippen LogP contribution in [0.5, 0.6) is 0 Å². The summed E-state index contributed by atoms with van der Waals surface area (Å²) in [6.45, 7) is 5.73. The fraction of sp³-hybridized carbons (Fsp3) is 0.435. The summed E-state index contributed by atoms with van der Waals surface area (Å²) in [6.07, 6.45) is 8.36. The average Bonchev–Trinajstić information content (AvgIpc) is 3.11. The number of aromatic nitrogens is 3. The molecule has 0 radical (unpaired) electrons. The molecule has 0 aliphatic heterocycles. The zero-order valence-corrected chi connectivity index (χ0v) is 17.2. The molecule has 2 aromatic heterocycles. The van der Waals surface area contributed by atoms with E-state index in [4.69, 9.17) is 5.10 Å². The summed E-state index contributed by atoms with van der Waals surface area (Å²) in [6, 6.07) is 9.40. The van der Waals surface area contributed by atoms with Crippen LogP contribution in [0.1, 0.15) is 68.5 Å². The van der Waals surface area contributed by atoms with Crippen molar-refractivity contribution in [2.24, 2.45) is 5.92 Å². The number of anilines is 1. The second-order valence-electron chi connectivity index (χ2n) is 8.71. The number of benzene rings is 1. The molecule has 0 atom stereocenters. The molecule has 6 heteroatoms. The van der Waals surface area contributed by atoms with Gasteiger partial charge in [-0.05, 0) is 69.7 Å². The van der Waals surface area contributed by atoms with Crippen LogP contribution >= 0.6 is 0 Å². The lowest BCUT2D eigenvalue weighted by atomic mass is 9.87. The number of nitrogens with one attached hydrogen (secondary N) is 1. The van der Waals surface area contributed by atoms with Crippen LogP contribution in [0.4, 0.5) is 5.69 Å². The van der Waals surface area contributed by atoms with Crippen LogP contribution in [0.15, 0.2) is 42.7 Å². The van der Waals surface area contributed by atoms with Gasteiger partial charge in [-0.15, -0.1) is 0 Å². The van der Waals surface area contributed by atoms with Gasteiger partial charge in [0.15, 0.2) is 0 Å². The van der Waals surface area contributed by atoms with E-state index in [1.807, 2.05) is 12.1 Å². The fourth-order valence-electron chi connectivity index (χ4n) is 4.08. The molecular weight excluding hydrogens is 364 g/mol. The number of aliphatic hydroxyl groups is 1. The minimum absolute atomic E-state index is 0.302. The van der Waals surface area contributed by atoms with Crippen LogP contribution in [-0.4, -0.2) is 25.8 Å². The highest BCUT2D eigenvalue weighted by atomic mass is 16.3. The van der Waals surface area contributed by atoms with Crippen molar-refractivity contribution < 1.29 is 9.90 Å². The van der Waals surface area contributed by atoms with Gasteiger partial charge in [0.25, 0.3) is 5.91 Å². The van der Waals surface area contributed by atoms with Gasteiger partial charge < -0.3 is 10.4 Å². The van der Waals surface area contributed by atoms with Crippen LogP contribution in [0.3, 0.4) is 0 Å². The maximum atomic E-state index is 12.6. The molecule has 1 fully saturated rings. The second kappa shape index (κ2) is 7.59. The number of hydrogen-bond donors (Lipinski definition) is 2. The quantitative estimate of drug-likeness (QED) is 0.677. The third-order valence-corrected chi connectivity index (χ3v) is 5.83. The third kappa shape index (κ3) is 4.17. The molecule has 6 nitrogen and oxygen atoms in total. The average molecular weight is 393 g/mol. The maximum absolute atomic E-state index is 12.6. The van der Waals surface area contributed by atoms with Crippen molar-refractivity contribution in [1.82, 2.24) is 14.8 Å². The van der Waals surface area contributed by atoms with Gasteiger partial charge in [0.2, 0.25) is 0 Å². The zero-order valence-electron chi connectivity index (χ0n) is 17.2. The molecule has 3 aromatic rings. The Kier molecular flexibility index (Phi) is 5.13. The minimum atomic E-state index is -1.12. The molecule has 1 aliphatic carbocycles. The molecule has 29 heavy (non-hydrogen) atoms. The predicted molar refractivity (Wildman–Crippen MR) is 114 cm³/mol. The molecule has 1 aromatic carbocycles. The van der Waals surface area contributed by atoms with E-state index in [0.717, 1.165) is 29.7 Å². The molecule has 0 unspecified atom stereocenters. The molecule has 152 valence electrons. The first kappa shape index (κ1) is 19.6. The topological polar surface area (TPSA) is 80.0 Å². The van der Waals surface area contributed by atoms with Crippen LogP contribution in [-0.2, 0) is 5.60 Å². The Bertz CT molecular complexity index is 1010. The van der Waals surface area contributed by atoms with Crippen molar-refractivity contribution in [3.05, 3.63) is 54.0 Å². The summed E-state index contributed by atoms with van der Waals surface area (Å²) in [7, 11) is 0. The van der Waals surface area contributed by atoms with E-state index in [1.165, 1.54) is 12.8 Å². The zero-order chi connectivity index (χ0) is 20.6. The fourth-order valence-corrected chi connectivity index (χ4v) is 4.08. The van der Waals surface area contributed by atoms with Gasteiger partial charge in [0.05, 0.1) is 17.2 Å². The van der Waals surface area contributed by atoms with E-state index in [-0.39, 0.29) is 5.91 Å². The van der Waals surface area contributed by atoms with Crippen LogP contribution < -0.4 is 5.32 Å². The number of pyridine rings is 1. The van der Waals surface area contributed by atoms with E-state index in [9.17, 15) is 9.90 Å². The predicted octanol–water partition coefficient (Wildman–Crippen LogP) is 4.66. The van der Waals surface area contributed by atoms with E-state index in [1.54, 1.807) is 38.2 Å². The number of fused-ring (bicyclic) bond motifs is 1. The van der Waals surface area contributed by atoms with Gasteiger partial charge in [-0.1, -0.05) is 13.0 Å². The van der Waals surface area contributed by atoms with E-state index >= 15 is 0 Å². The van der Waals surface area contributed by atoms with E-state index in [0.29, 0.717) is 23.0 Å². The molecular formula is C23H28N4O2. The van der Waals surface area contributed by atoms with E-state index < -0.39 is 5.60 Å². The molecule has 1 saturated carbocycles. The number of amides is 1. The molecule has 1 aliphatic rings. The van der Waals surface area contributed by atoms with Crippen molar-refractivity contribution in [2.45, 2.75) is 58.1 Å². The summed E-state index contributed by atoms with van der Waals surface area (Å²) < 4.78 is 2.06. The third-order valence-electron chi connectivity index (χ3n) is 5.83. The Balaban J connectivity index is 1.69. The Labute approximate surface area is 171 Å². The van der Waals surface area contributed by atoms with Gasteiger partial charge in [0.1, 0.15) is 5.69 Å². The Morgan fingerprint density at radius 1 is 1.21 bits per heavy atom. The lowest BCUT2D eigenvalue weighted by Crippen LogP contribution is -2.21. The van der Waals surface area contributed by atoms with Crippen LogP contribution in [0.25, 0.3) is 10.9 Å². The highest BCUT2D eigenvalue weighted by Crippen LogP contribution is 2.35. The molecule has 4 rings (SSSR count). The summed E-state index contributed by atoms with van der Waals surface area (Å²) in [4.78, 5) is 16.7. The lowest BCUT2D eigenvalue weighted by Gasteiger charge is -2.26. The monoisotopic (exact) mass is 392 g/mol. The van der Waals surface area contributed by atoms with Crippen molar-refractivity contribution in [1.29, 1.82) is 0 Å². The molecule has 0 bridgehead atoms. The first-order chi connectivity index (χ1) is 13.8. The normalized spacial score (nSPS) is 20.0. The molecule has 1 amide bonds. The van der Waals surface area contributed by atoms with Gasteiger partial charge in [-0.3, -0.25) is 14.5 Å². The summed E-state index contributed by atoms with van der Waals surface area (Å²) in [5.41, 5.74) is 1.26. The Morgan fingerprint density at radius 2 is 1.97 bits per heavy atom. The molecule has 0 spiro atoms.